The highest BCUT2D eigenvalue weighted by Gasteiger charge is 2.15. The Labute approximate surface area is 78.1 Å². The number of rotatable bonds is 4. The maximum atomic E-state index is 10.9. The van der Waals surface area contributed by atoms with E-state index >= 15 is 0 Å². The molecule has 0 spiro atoms. The summed E-state index contributed by atoms with van der Waals surface area (Å²) in [5.74, 6) is 0.110. The first-order valence-corrected chi connectivity index (χ1v) is 4.71. The normalized spacial score (nSPS) is 18.9. The van der Waals surface area contributed by atoms with Gasteiger partial charge in [-0.1, -0.05) is 0 Å². The van der Waals surface area contributed by atoms with Gasteiger partial charge in [-0.25, -0.2) is 0 Å². The van der Waals surface area contributed by atoms with Crippen molar-refractivity contribution < 1.29 is 9.59 Å². The van der Waals surface area contributed by atoms with Crippen molar-refractivity contribution in [2.45, 2.75) is 25.7 Å². The molecule has 0 unspecified atom stereocenters. The first kappa shape index (κ1) is 10.2. The number of primary amides is 1. The van der Waals surface area contributed by atoms with Crippen LogP contribution in [0.1, 0.15) is 25.7 Å². The van der Waals surface area contributed by atoms with E-state index in [1.54, 1.807) is 0 Å². The van der Waals surface area contributed by atoms with Gasteiger partial charge in [0.15, 0.2) is 0 Å². The van der Waals surface area contributed by atoms with E-state index in [1.165, 1.54) is 0 Å². The lowest BCUT2D eigenvalue weighted by molar-refractivity contribution is -0.122. The molecule has 0 bridgehead atoms. The highest BCUT2D eigenvalue weighted by molar-refractivity contribution is 5.79. The molecule has 0 aromatic rings. The number of piperidine rings is 1. The fourth-order valence-electron chi connectivity index (χ4n) is 1.50. The smallest absolute Gasteiger partial charge is 0.217 e. The maximum absolute atomic E-state index is 10.9. The van der Waals surface area contributed by atoms with Crippen LogP contribution in [0.15, 0.2) is 0 Å². The second-order valence-corrected chi connectivity index (χ2v) is 3.45. The number of ketones is 1. The van der Waals surface area contributed by atoms with Gasteiger partial charge in [0.05, 0.1) is 0 Å². The molecular weight excluding hydrogens is 168 g/mol. The van der Waals surface area contributed by atoms with Gasteiger partial charge in [0.1, 0.15) is 5.78 Å². The number of amides is 1. The summed E-state index contributed by atoms with van der Waals surface area (Å²) in [5, 5.41) is 0. The van der Waals surface area contributed by atoms with Crippen molar-refractivity contribution in [1.82, 2.24) is 4.90 Å². The summed E-state index contributed by atoms with van der Waals surface area (Å²) in [7, 11) is 0. The van der Waals surface area contributed by atoms with Crippen LogP contribution >= 0.6 is 0 Å². The molecule has 0 radical (unpaired) electrons. The molecule has 1 amide bonds. The predicted octanol–water partition coefficient (Wildman–Crippen LogP) is -0.0832. The quantitative estimate of drug-likeness (QED) is 0.664. The molecule has 0 aliphatic carbocycles. The molecule has 74 valence electrons. The van der Waals surface area contributed by atoms with Crippen LogP contribution in [0.3, 0.4) is 0 Å². The molecule has 4 nitrogen and oxygen atoms in total. The molecular formula is C9H16N2O2. The number of hydrogen-bond donors (Lipinski definition) is 1. The largest absolute Gasteiger partial charge is 0.370 e. The number of likely N-dealkylation sites (tertiary alicyclic amines) is 1. The summed E-state index contributed by atoms with van der Waals surface area (Å²) in [5.41, 5.74) is 5.02. The second kappa shape index (κ2) is 4.97. The van der Waals surface area contributed by atoms with Gasteiger partial charge >= 0.3 is 0 Å². The van der Waals surface area contributed by atoms with Gasteiger partial charge < -0.3 is 10.6 Å². The minimum absolute atomic E-state index is 0.243. The van der Waals surface area contributed by atoms with Gasteiger partial charge in [-0.15, -0.1) is 0 Å². The first-order valence-electron chi connectivity index (χ1n) is 4.71. The number of nitrogens with two attached hydrogens (primary N) is 1. The summed E-state index contributed by atoms with van der Waals surface area (Å²) in [6.45, 7) is 2.57. The molecule has 13 heavy (non-hydrogen) atoms. The van der Waals surface area contributed by atoms with E-state index in [-0.39, 0.29) is 5.91 Å². The molecule has 1 saturated heterocycles. The van der Waals surface area contributed by atoms with E-state index in [2.05, 4.69) is 4.90 Å². The second-order valence-electron chi connectivity index (χ2n) is 3.45. The van der Waals surface area contributed by atoms with Gasteiger partial charge in [-0.05, 0) is 13.0 Å². The van der Waals surface area contributed by atoms with Crippen molar-refractivity contribution in [3.63, 3.8) is 0 Å². The zero-order chi connectivity index (χ0) is 9.68. The number of Topliss-reactive ketones (excluding diaryl/α,β-unsaturated/α-hetero) is 1. The van der Waals surface area contributed by atoms with E-state index in [0.717, 1.165) is 26.1 Å². The van der Waals surface area contributed by atoms with Gasteiger partial charge in [0.2, 0.25) is 5.91 Å². The lowest BCUT2D eigenvalue weighted by atomic mass is 10.1. The van der Waals surface area contributed by atoms with Crippen LogP contribution < -0.4 is 5.73 Å². The predicted molar refractivity (Wildman–Crippen MR) is 49.1 cm³/mol. The molecule has 0 aromatic carbocycles. The summed E-state index contributed by atoms with van der Waals surface area (Å²) >= 11 is 0. The van der Waals surface area contributed by atoms with Crippen LogP contribution in [0.2, 0.25) is 0 Å². The van der Waals surface area contributed by atoms with Crippen molar-refractivity contribution in [3.8, 4) is 0 Å². The Bertz CT molecular complexity index is 194. The molecule has 0 saturated carbocycles. The summed E-state index contributed by atoms with van der Waals surface area (Å²) < 4.78 is 0. The molecule has 0 atom stereocenters. The standard InChI is InChI=1S/C9H16N2O2/c10-9(13)2-1-5-11-6-3-8(12)4-7-11/h1-7H2,(H2,10,13). The summed E-state index contributed by atoms with van der Waals surface area (Å²) in [6, 6.07) is 0. The van der Waals surface area contributed by atoms with Crippen LogP contribution in [0.5, 0.6) is 0 Å². The van der Waals surface area contributed by atoms with Crippen LogP contribution in [-0.2, 0) is 9.59 Å². The van der Waals surface area contributed by atoms with Crippen molar-refractivity contribution in [2.24, 2.45) is 5.73 Å². The lowest BCUT2D eigenvalue weighted by Gasteiger charge is -2.25. The average molecular weight is 184 g/mol. The molecule has 1 heterocycles. The molecule has 1 rings (SSSR count). The third-order valence-corrected chi connectivity index (χ3v) is 2.31. The average Bonchev–Trinajstić information content (AvgIpc) is 2.08. The Morgan fingerprint density at radius 3 is 2.54 bits per heavy atom. The highest BCUT2D eigenvalue weighted by Crippen LogP contribution is 2.06. The van der Waals surface area contributed by atoms with E-state index in [0.29, 0.717) is 25.0 Å². The van der Waals surface area contributed by atoms with E-state index in [1.807, 2.05) is 0 Å². The fourth-order valence-corrected chi connectivity index (χ4v) is 1.50. The maximum Gasteiger partial charge on any atom is 0.217 e. The third-order valence-electron chi connectivity index (χ3n) is 2.31. The number of nitrogens with zero attached hydrogens (tertiary/aromatic N) is 1. The molecule has 1 aliphatic rings. The van der Waals surface area contributed by atoms with Crippen LogP contribution in [0.25, 0.3) is 0 Å². The fraction of sp³-hybridized carbons (Fsp3) is 0.778. The Kier molecular flexibility index (Phi) is 3.89. The summed E-state index contributed by atoms with van der Waals surface area (Å²) in [4.78, 5) is 23.5. The first-order chi connectivity index (χ1) is 6.18. The minimum atomic E-state index is -0.243. The minimum Gasteiger partial charge on any atom is -0.370 e. The third kappa shape index (κ3) is 4.03. The van der Waals surface area contributed by atoms with Crippen LogP contribution in [-0.4, -0.2) is 36.2 Å². The lowest BCUT2D eigenvalue weighted by Crippen LogP contribution is -2.34. The molecule has 0 aromatic heterocycles. The van der Waals surface area contributed by atoms with Crippen molar-refractivity contribution >= 4 is 11.7 Å². The zero-order valence-corrected chi connectivity index (χ0v) is 7.79. The molecule has 1 fully saturated rings. The Morgan fingerprint density at radius 2 is 2.00 bits per heavy atom. The monoisotopic (exact) mass is 184 g/mol. The van der Waals surface area contributed by atoms with Crippen LogP contribution in [0.4, 0.5) is 0 Å². The van der Waals surface area contributed by atoms with Gasteiger partial charge in [0, 0.05) is 32.4 Å². The number of hydrogen-bond acceptors (Lipinski definition) is 3. The van der Waals surface area contributed by atoms with Gasteiger partial charge in [-0.2, -0.15) is 0 Å². The Hall–Kier alpha value is -0.900. The van der Waals surface area contributed by atoms with Crippen molar-refractivity contribution in [3.05, 3.63) is 0 Å². The van der Waals surface area contributed by atoms with Crippen molar-refractivity contribution in [2.75, 3.05) is 19.6 Å². The topological polar surface area (TPSA) is 63.4 Å². The van der Waals surface area contributed by atoms with E-state index < -0.39 is 0 Å². The molecule has 2 N–H and O–H groups in total. The van der Waals surface area contributed by atoms with E-state index in [9.17, 15) is 9.59 Å². The Morgan fingerprint density at radius 1 is 1.38 bits per heavy atom. The Balaban J connectivity index is 2.09. The van der Waals surface area contributed by atoms with Gasteiger partial charge in [0.25, 0.3) is 0 Å². The van der Waals surface area contributed by atoms with Crippen LogP contribution in [0, 0.1) is 0 Å². The van der Waals surface area contributed by atoms with Crippen molar-refractivity contribution in [1.29, 1.82) is 0 Å². The van der Waals surface area contributed by atoms with E-state index in [4.69, 9.17) is 5.73 Å². The molecule has 1 aliphatic heterocycles. The molecule has 4 heteroatoms. The number of carbonyl (C=O) groups is 2. The number of carbonyl (C=O) groups excluding carboxylic acids is 2. The SMILES string of the molecule is NC(=O)CCCN1CCC(=O)CC1. The summed E-state index contributed by atoms with van der Waals surface area (Å²) in [6.07, 6.45) is 2.58. The highest BCUT2D eigenvalue weighted by atomic mass is 16.1. The van der Waals surface area contributed by atoms with Gasteiger partial charge in [-0.3, -0.25) is 9.59 Å². The zero-order valence-electron chi connectivity index (χ0n) is 7.79.